The summed E-state index contributed by atoms with van der Waals surface area (Å²) < 4.78 is 5.23. The summed E-state index contributed by atoms with van der Waals surface area (Å²) in [6.07, 6.45) is 1.99. The van der Waals surface area contributed by atoms with Gasteiger partial charge in [-0.15, -0.1) is 0 Å². The van der Waals surface area contributed by atoms with Crippen molar-refractivity contribution in [3.8, 4) is 5.75 Å². The summed E-state index contributed by atoms with van der Waals surface area (Å²) in [6, 6.07) is 19.8. The summed E-state index contributed by atoms with van der Waals surface area (Å²) in [4.78, 5) is 19.5. The van der Waals surface area contributed by atoms with E-state index in [4.69, 9.17) is 4.74 Å². The molecule has 1 amide bonds. The molecule has 0 aliphatic carbocycles. The first kappa shape index (κ1) is 15.6. The second kappa shape index (κ2) is 6.55. The molecule has 1 aliphatic heterocycles. The Bertz CT molecular complexity index is 905. The van der Waals surface area contributed by atoms with Crippen LogP contribution in [-0.2, 0) is 0 Å². The Labute approximate surface area is 147 Å². The zero-order valence-corrected chi connectivity index (χ0v) is 14.2. The Hall–Kier alpha value is -2.88. The number of hydrogen-bond donors (Lipinski definition) is 0. The highest BCUT2D eigenvalue weighted by molar-refractivity contribution is 5.95. The summed E-state index contributed by atoms with van der Waals surface area (Å²) in [6.45, 7) is 0.768. The molecule has 126 valence electrons. The highest BCUT2D eigenvalue weighted by Crippen LogP contribution is 2.33. The van der Waals surface area contributed by atoms with Crippen LogP contribution in [-0.4, -0.2) is 29.4 Å². The molecule has 25 heavy (non-hydrogen) atoms. The van der Waals surface area contributed by atoms with Crippen LogP contribution >= 0.6 is 0 Å². The van der Waals surface area contributed by atoms with E-state index in [1.807, 2.05) is 65.6 Å². The average Bonchev–Trinajstić information content (AvgIpc) is 3.17. The van der Waals surface area contributed by atoms with Gasteiger partial charge in [0.05, 0.1) is 18.7 Å². The molecule has 4 nitrogen and oxygen atoms in total. The molecule has 2 aromatic carbocycles. The van der Waals surface area contributed by atoms with Crippen molar-refractivity contribution >= 4 is 16.8 Å². The Kier molecular flexibility index (Phi) is 4.10. The van der Waals surface area contributed by atoms with Crippen LogP contribution in [0.4, 0.5) is 0 Å². The number of benzene rings is 2. The number of hydrogen-bond acceptors (Lipinski definition) is 3. The minimum Gasteiger partial charge on any atom is -0.497 e. The molecule has 4 rings (SSSR count). The van der Waals surface area contributed by atoms with Crippen LogP contribution < -0.4 is 4.74 Å². The summed E-state index contributed by atoms with van der Waals surface area (Å²) in [5, 5.41) is 1.05. The zero-order chi connectivity index (χ0) is 17.2. The minimum absolute atomic E-state index is 0.00377. The monoisotopic (exact) mass is 332 g/mol. The van der Waals surface area contributed by atoms with Gasteiger partial charge in [-0.2, -0.15) is 0 Å². The predicted molar refractivity (Wildman–Crippen MR) is 97.7 cm³/mol. The van der Waals surface area contributed by atoms with Crippen LogP contribution in [0.3, 0.4) is 0 Å². The van der Waals surface area contributed by atoms with Crippen molar-refractivity contribution < 1.29 is 9.53 Å². The summed E-state index contributed by atoms with van der Waals surface area (Å²) in [7, 11) is 1.66. The molecule has 1 unspecified atom stereocenters. The molecule has 1 saturated heterocycles. The van der Waals surface area contributed by atoms with E-state index in [1.54, 1.807) is 7.11 Å². The van der Waals surface area contributed by atoms with Crippen molar-refractivity contribution in [2.45, 2.75) is 18.9 Å². The van der Waals surface area contributed by atoms with E-state index in [9.17, 15) is 4.79 Å². The molecule has 0 N–H and O–H groups in total. The SMILES string of the molecule is COc1ccc(C2CCCN2C(=O)c2ccc3ccccc3n2)cc1. The van der Waals surface area contributed by atoms with E-state index in [2.05, 4.69) is 4.98 Å². The van der Waals surface area contributed by atoms with Gasteiger partial charge in [0.1, 0.15) is 11.4 Å². The van der Waals surface area contributed by atoms with Gasteiger partial charge in [-0.1, -0.05) is 36.4 Å². The number of pyridine rings is 1. The van der Waals surface area contributed by atoms with Crippen LogP contribution in [0.25, 0.3) is 10.9 Å². The first-order valence-corrected chi connectivity index (χ1v) is 8.57. The Balaban J connectivity index is 1.62. The van der Waals surface area contributed by atoms with E-state index in [1.165, 1.54) is 0 Å². The highest BCUT2D eigenvalue weighted by atomic mass is 16.5. The normalized spacial score (nSPS) is 17.0. The second-order valence-electron chi connectivity index (χ2n) is 6.32. The van der Waals surface area contributed by atoms with Gasteiger partial charge in [-0.3, -0.25) is 4.79 Å². The maximum absolute atomic E-state index is 13.0. The minimum atomic E-state index is 0.00377. The average molecular weight is 332 g/mol. The summed E-state index contributed by atoms with van der Waals surface area (Å²) >= 11 is 0. The lowest BCUT2D eigenvalue weighted by molar-refractivity contribution is 0.0730. The van der Waals surface area contributed by atoms with Gasteiger partial charge in [0.2, 0.25) is 0 Å². The zero-order valence-electron chi connectivity index (χ0n) is 14.2. The molecular formula is C21H20N2O2. The predicted octanol–water partition coefficient (Wildman–Crippen LogP) is 4.22. The van der Waals surface area contributed by atoms with E-state index in [0.29, 0.717) is 5.69 Å². The van der Waals surface area contributed by atoms with Gasteiger partial charge in [-0.25, -0.2) is 4.98 Å². The van der Waals surface area contributed by atoms with E-state index < -0.39 is 0 Å². The molecule has 1 aromatic heterocycles. The van der Waals surface area contributed by atoms with Crippen molar-refractivity contribution in [1.29, 1.82) is 0 Å². The maximum atomic E-state index is 13.0. The van der Waals surface area contributed by atoms with Crippen molar-refractivity contribution in [3.05, 3.63) is 71.9 Å². The number of amides is 1. The van der Waals surface area contributed by atoms with Gasteiger partial charge >= 0.3 is 0 Å². The van der Waals surface area contributed by atoms with Gasteiger partial charge in [0, 0.05) is 11.9 Å². The molecule has 0 radical (unpaired) electrons. The first-order chi connectivity index (χ1) is 12.3. The van der Waals surface area contributed by atoms with Gasteiger partial charge in [0.25, 0.3) is 5.91 Å². The lowest BCUT2D eigenvalue weighted by Crippen LogP contribution is -2.31. The van der Waals surface area contributed by atoms with Gasteiger partial charge < -0.3 is 9.64 Å². The van der Waals surface area contributed by atoms with Crippen LogP contribution in [0.15, 0.2) is 60.7 Å². The highest BCUT2D eigenvalue weighted by Gasteiger charge is 2.31. The lowest BCUT2D eigenvalue weighted by atomic mass is 10.0. The molecule has 1 aliphatic rings. The summed E-state index contributed by atoms with van der Waals surface area (Å²) in [5.41, 5.74) is 2.51. The van der Waals surface area contributed by atoms with E-state index in [0.717, 1.165) is 41.6 Å². The van der Waals surface area contributed by atoms with Gasteiger partial charge in [-0.05, 0) is 42.7 Å². The van der Waals surface area contributed by atoms with Crippen molar-refractivity contribution in [1.82, 2.24) is 9.88 Å². The number of para-hydroxylation sites is 1. The summed E-state index contributed by atoms with van der Waals surface area (Å²) in [5.74, 6) is 0.833. The largest absolute Gasteiger partial charge is 0.497 e. The molecular weight excluding hydrogens is 312 g/mol. The molecule has 1 atom stereocenters. The van der Waals surface area contributed by atoms with Crippen LogP contribution in [0.5, 0.6) is 5.75 Å². The second-order valence-corrected chi connectivity index (χ2v) is 6.32. The van der Waals surface area contributed by atoms with Gasteiger partial charge in [0.15, 0.2) is 0 Å². The third-order valence-electron chi connectivity index (χ3n) is 4.83. The fourth-order valence-electron chi connectivity index (χ4n) is 3.51. The Morgan fingerprint density at radius 1 is 1.08 bits per heavy atom. The van der Waals surface area contributed by atoms with Crippen LogP contribution in [0.2, 0.25) is 0 Å². The lowest BCUT2D eigenvalue weighted by Gasteiger charge is -2.25. The third-order valence-corrected chi connectivity index (χ3v) is 4.83. The fraction of sp³-hybridized carbons (Fsp3) is 0.238. The molecule has 0 saturated carbocycles. The smallest absolute Gasteiger partial charge is 0.272 e. The standard InChI is InChI=1S/C21H20N2O2/c1-25-17-11-8-16(9-12-17)20-7-4-14-23(20)21(24)19-13-10-15-5-2-3-6-18(15)22-19/h2-3,5-6,8-13,20H,4,7,14H2,1H3. The number of ether oxygens (including phenoxy) is 1. The number of likely N-dealkylation sites (tertiary alicyclic amines) is 1. The number of methoxy groups -OCH3 is 1. The number of fused-ring (bicyclic) bond motifs is 1. The molecule has 1 fully saturated rings. The molecule has 0 bridgehead atoms. The number of nitrogens with zero attached hydrogens (tertiary/aromatic N) is 2. The Morgan fingerprint density at radius 3 is 2.68 bits per heavy atom. The number of aromatic nitrogens is 1. The number of rotatable bonds is 3. The van der Waals surface area contributed by atoms with Crippen LogP contribution in [0, 0.1) is 0 Å². The van der Waals surface area contributed by atoms with Crippen molar-refractivity contribution in [3.63, 3.8) is 0 Å². The molecule has 3 aromatic rings. The first-order valence-electron chi connectivity index (χ1n) is 8.57. The topological polar surface area (TPSA) is 42.4 Å². The number of carbonyl (C=O) groups excluding carboxylic acids is 1. The molecule has 4 heteroatoms. The van der Waals surface area contributed by atoms with E-state index >= 15 is 0 Å². The number of carbonyl (C=O) groups is 1. The van der Waals surface area contributed by atoms with E-state index in [-0.39, 0.29) is 11.9 Å². The molecule has 2 heterocycles. The van der Waals surface area contributed by atoms with Crippen molar-refractivity contribution in [2.24, 2.45) is 0 Å². The quantitative estimate of drug-likeness (QED) is 0.721. The fourth-order valence-corrected chi connectivity index (χ4v) is 3.51. The third kappa shape index (κ3) is 2.95. The van der Waals surface area contributed by atoms with Crippen molar-refractivity contribution in [2.75, 3.05) is 13.7 Å². The molecule has 0 spiro atoms. The maximum Gasteiger partial charge on any atom is 0.272 e. The Morgan fingerprint density at radius 2 is 1.88 bits per heavy atom. The van der Waals surface area contributed by atoms with Crippen LogP contribution in [0.1, 0.15) is 34.9 Å².